The maximum Gasteiger partial charge on any atom is 0.323 e. The SMILES string of the molecule is Cc1ccc2c(=O)c3ccc(F)cc3n(CC(=O)O)c2c1. The molecule has 0 unspecified atom stereocenters. The number of aryl methyl sites for hydroxylation is 1. The lowest BCUT2D eigenvalue weighted by Crippen LogP contribution is -2.16. The van der Waals surface area contributed by atoms with Gasteiger partial charge in [-0.1, -0.05) is 6.07 Å². The predicted octanol–water partition coefficient (Wildman–Crippen LogP) is 2.69. The fourth-order valence-electron chi connectivity index (χ4n) is 2.56. The number of aliphatic carboxylic acids is 1. The topological polar surface area (TPSA) is 59.3 Å². The van der Waals surface area contributed by atoms with Crippen LogP contribution >= 0.6 is 0 Å². The van der Waals surface area contributed by atoms with Crippen LogP contribution in [0.2, 0.25) is 0 Å². The van der Waals surface area contributed by atoms with Gasteiger partial charge >= 0.3 is 5.97 Å². The summed E-state index contributed by atoms with van der Waals surface area (Å²) in [6.45, 7) is 1.52. The third kappa shape index (κ3) is 2.16. The number of carbonyl (C=O) groups is 1. The number of hydrogen-bond donors (Lipinski definition) is 1. The molecule has 0 amide bonds. The molecule has 5 heteroatoms. The van der Waals surface area contributed by atoms with Gasteiger partial charge in [-0.25, -0.2) is 4.39 Å². The van der Waals surface area contributed by atoms with Gasteiger partial charge in [0, 0.05) is 10.8 Å². The summed E-state index contributed by atoms with van der Waals surface area (Å²) < 4.78 is 15.0. The zero-order valence-corrected chi connectivity index (χ0v) is 11.3. The van der Waals surface area contributed by atoms with E-state index in [9.17, 15) is 14.0 Å². The number of carboxylic acid groups (broad SMARTS) is 1. The van der Waals surface area contributed by atoms with Crippen molar-refractivity contribution in [3.05, 3.63) is 58.0 Å². The van der Waals surface area contributed by atoms with Crippen LogP contribution in [0.5, 0.6) is 0 Å². The molecule has 0 aliphatic rings. The summed E-state index contributed by atoms with van der Waals surface area (Å²) >= 11 is 0. The highest BCUT2D eigenvalue weighted by Crippen LogP contribution is 2.21. The molecule has 1 N–H and O–H groups in total. The van der Waals surface area contributed by atoms with Crippen LogP contribution in [-0.2, 0) is 11.3 Å². The number of nitrogens with zero attached hydrogens (tertiary/aromatic N) is 1. The van der Waals surface area contributed by atoms with E-state index < -0.39 is 11.8 Å². The molecule has 0 saturated carbocycles. The van der Waals surface area contributed by atoms with E-state index in [4.69, 9.17) is 5.11 Å². The highest BCUT2D eigenvalue weighted by atomic mass is 19.1. The van der Waals surface area contributed by atoms with Gasteiger partial charge in [0.1, 0.15) is 12.4 Å². The number of hydrogen-bond acceptors (Lipinski definition) is 2. The molecule has 0 bridgehead atoms. The summed E-state index contributed by atoms with van der Waals surface area (Å²) in [4.78, 5) is 23.6. The molecule has 0 fully saturated rings. The Balaban J connectivity index is 2.58. The Morgan fingerprint density at radius 2 is 1.76 bits per heavy atom. The molecule has 1 heterocycles. The van der Waals surface area contributed by atoms with Crippen molar-refractivity contribution in [2.75, 3.05) is 0 Å². The lowest BCUT2D eigenvalue weighted by Gasteiger charge is -2.13. The van der Waals surface area contributed by atoms with Crippen LogP contribution in [0.25, 0.3) is 21.8 Å². The third-order valence-corrected chi connectivity index (χ3v) is 3.48. The minimum absolute atomic E-state index is 0.221. The van der Waals surface area contributed by atoms with Gasteiger partial charge in [0.15, 0.2) is 5.43 Å². The van der Waals surface area contributed by atoms with E-state index in [0.29, 0.717) is 21.8 Å². The van der Waals surface area contributed by atoms with E-state index in [1.54, 1.807) is 18.2 Å². The molecule has 2 aromatic carbocycles. The lowest BCUT2D eigenvalue weighted by molar-refractivity contribution is -0.137. The molecule has 0 aliphatic heterocycles. The molecule has 3 aromatic rings. The van der Waals surface area contributed by atoms with Crippen molar-refractivity contribution in [3.63, 3.8) is 0 Å². The first-order valence-electron chi connectivity index (χ1n) is 6.41. The van der Waals surface area contributed by atoms with Crippen LogP contribution in [0.3, 0.4) is 0 Å². The second kappa shape index (κ2) is 4.70. The van der Waals surface area contributed by atoms with Crippen molar-refractivity contribution in [2.45, 2.75) is 13.5 Å². The van der Waals surface area contributed by atoms with Crippen molar-refractivity contribution in [1.82, 2.24) is 4.57 Å². The van der Waals surface area contributed by atoms with E-state index >= 15 is 0 Å². The Hall–Kier alpha value is -2.69. The Morgan fingerprint density at radius 1 is 1.14 bits per heavy atom. The van der Waals surface area contributed by atoms with E-state index in [2.05, 4.69) is 0 Å². The molecule has 21 heavy (non-hydrogen) atoms. The Labute approximate surface area is 119 Å². The van der Waals surface area contributed by atoms with Crippen LogP contribution < -0.4 is 5.43 Å². The van der Waals surface area contributed by atoms with E-state index in [-0.39, 0.29) is 12.0 Å². The summed E-state index contributed by atoms with van der Waals surface area (Å²) in [5.41, 5.74) is 1.47. The van der Waals surface area contributed by atoms with Gasteiger partial charge in [0.05, 0.1) is 11.0 Å². The molecule has 4 nitrogen and oxygen atoms in total. The number of benzene rings is 2. The number of aromatic nitrogens is 1. The number of rotatable bonds is 2. The van der Waals surface area contributed by atoms with Gasteiger partial charge in [-0.2, -0.15) is 0 Å². The van der Waals surface area contributed by atoms with Crippen LogP contribution in [0.4, 0.5) is 4.39 Å². The monoisotopic (exact) mass is 285 g/mol. The molecule has 0 atom stereocenters. The molecule has 0 aliphatic carbocycles. The minimum Gasteiger partial charge on any atom is -0.480 e. The third-order valence-electron chi connectivity index (χ3n) is 3.48. The van der Waals surface area contributed by atoms with Gasteiger partial charge in [-0.15, -0.1) is 0 Å². The normalized spacial score (nSPS) is 11.1. The molecule has 0 radical (unpaired) electrons. The van der Waals surface area contributed by atoms with Crippen LogP contribution in [0.15, 0.2) is 41.2 Å². The number of carboxylic acids is 1. The molecule has 1 aromatic heterocycles. The van der Waals surface area contributed by atoms with Crippen LogP contribution in [0, 0.1) is 12.7 Å². The molecule has 3 rings (SSSR count). The maximum atomic E-state index is 13.5. The number of halogens is 1. The molecular weight excluding hydrogens is 273 g/mol. The fraction of sp³-hybridized carbons (Fsp3) is 0.125. The smallest absolute Gasteiger partial charge is 0.323 e. The summed E-state index contributed by atoms with van der Waals surface area (Å²) in [6.07, 6.45) is 0. The zero-order valence-electron chi connectivity index (χ0n) is 11.3. The van der Waals surface area contributed by atoms with E-state index in [1.807, 2.05) is 6.92 Å². The Kier molecular flexibility index (Phi) is 2.97. The second-order valence-electron chi connectivity index (χ2n) is 4.99. The van der Waals surface area contributed by atoms with Gasteiger partial charge < -0.3 is 9.67 Å². The van der Waals surface area contributed by atoms with E-state index in [0.717, 1.165) is 5.56 Å². The van der Waals surface area contributed by atoms with E-state index in [1.165, 1.54) is 22.8 Å². The van der Waals surface area contributed by atoms with Gasteiger partial charge in [0.25, 0.3) is 0 Å². The maximum absolute atomic E-state index is 13.5. The Morgan fingerprint density at radius 3 is 2.43 bits per heavy atom. The molecule has 106 valence electrons. The average molecular weight is 285 g/mol. The van der Waals surface area contributed by atoms with Gasteiger partial charge in [-0.05, 0) is 42.8 Å². The standard InChI is InChI=1S/C16H12FNO3/c1-9-2-4-11-13(6-9)18(8-15(19)20)14-7-10(17)3-5-12(14)16(11)21/h2-7H,8H2,1H3,(H,19,20). The highest BCUT2D eigenvalue weighted by molar-refractivity contribution is 5.94. The Bertz CT molecular complexity index is 878. The van der Waals surface area contributed by atoms with Crippen molar-refractivity contribution in [1.29, 1.82) is 0 Å². The first kappa shape index (κ1) is 13.3. The zero-order chi connectivity index (χ0) is 15.1. The molecule has 0 spiro atoms. The van der Waals surface area contributed by atoms with Crippen molar-refractivity contribution < 1.29 is 14.3 Å². The van der Waals surface area contributed by atoms with Crippen LogP contribution in [-0.4, -0.2) is 15.6 Å². The van der Waals surface area contributed by atoms with Crippen molar-refractivity contribution in [3.8, 4) is 0 Å². The van der Waals surface area contributed by atoms with Crippen molar-refractivity contribution >= 4 is 27.8 Å². The van der Waals surface area contributed by atoms with Gasteiger partial charge in [-0.3, -0.25) is 9.59 Å². The van der Waals surface area contributed by atoms with Crippen molar-refractivity contribution in [2.24, 2.45) is 0 Å². The number of fused-ring (bicyclic) bond motifs is 2. The summed E-state index contributed by atoms with van der Waals surface area (Å²) in [5.74, 6) is -1.56. The quantitative estimate of drug-likeness (QED) is 0.736. The predicted molar refractivity (Wildman–Crippen MR) is 78.0 cm³/mol. The average Bonchev–Trinajstić information content (AvgIpc) is 2.42. The lowest BCUT2D eigenvalue weighted by atomic mass is 10.1. The summed E-state index contributed by atoms with van der Waals surface area (Å²) in [6, 6.07) is 9.00. The highest BCUT2D eigenvalue weighted by Gasteiger charge is 2.13. The summed E-state index contributed by atoms with van der Waals surface area (Å²) in [5, 5.41) is 9.85. The van der Waals surface area contributed by atoms with Gasteiger partial charge in [0.2, 0.25) is 0 Å². The number of pyridine rings is 1. The second-order valence-corrected chi connectivity index (χ2v) is 4.99. The fourth-order valence-corrected chi connectivity index (χ4v) is 2.56. The first-order valence-corrected chi connectivity index (χ1v) is 6.41. The minimum atomic E-state index is -1.05. The first-order chi connectivity index (χ1) is 9.97. The van der Waals surface area contributed by atoms with Crippen LogP contribution in [0.1, 0.15) is 5.56 Å². The molecule has 0 saturated heterocycles. The molecular formula is C16H12FNO3. The largest absolute Gasteiger partial charge is 0.480 e. The summed E-state index contributed by atoms with van der Waals surface area (Å²) in [7, 11) is 0.